The number of hydrogen-bond donors (Lipinski definition) is 2. The number of rotatable bonds is 1. The zero-order chi connectivity index (χ0) is 8.77. The van der Waals surface area contributed by atoms with E-state index in [2.05, 4.69) is 5.32 Å². The van der Waals surface area contributed by atoms with Gasteiger partial charge in [-0.15, -0.1) is 0 Å². The molecule has 1 saturated heterocycles. The third-order valence-corrected chi connectivity index (χ3v) is 3.16. The third-order valence-electron chi connectivity index (χ3n) is 3.16. The molecule has 2 rings (SSSR count). The van der Waals surface area contributed by atoms with Crippen molar-refractivity contribution in [3.05, 3.63) is 0 Å². The summed E-state index contributed by atoms with van der Waals surface area (Å²) in [5.41, 5.74) is 4.75. The lowest BCUT2D eigenvalue weighted by atomic mass is 9.72. The molecule has 0 bridgehead atoms. The number of amides is 1. The molecule has 1 heterocycles. The molecule has 1 aliphatic heterocycles. The molecule has 4 heteroatoms. The minimum atomic E-state index is -0.776. The lowest BCUT2D eigenvalue weighted by molar-refractivity contribution is -0.121. The van der Waals surface area contributed by atoms with Crippen LogP contribution in [-0.4, -0.2) is 24.2 Å². The van der Waals surface area contributed by atoms with Gasteiger partial charge in [-0.25, -0.2) is 4.39 Å². The van der Waals surface area contributed by atoms with Crippen molar-refractivity contribution in [1.82, 2.24) is 5.32 Å². The second kappa shape index (κ2) is 2.42. The smallest absolute Gasteiger partial charge is 0.221 e. The molecule has 0 aromatic carbocycles. The van der Waals surface area contributed by atoms with E-state index in [1.807, 2.05) is 0 Å². The minimum absolute atomic E-state index is 0.163. The van der Waals surface area contributed by atoms with Gasteiger partial charge in [0, 0.05) is 6.54 Å². The molecule has 2 fully saturated rings. The van der Waals surface area contributed by atoms with Crippen LogP contribution in [-0.2, 0) is 4.79 Å². The van der Waals surface area contributed by atoms with Gasteiger partial charge in [-0.1, -0.05) is 0 Å². The third kappa shape index (κ3) is 0.941. The molecule has 3 nitrogen and oxygen atoms in total. The highest BCUT2D eigenvalue weighted by Crippen LogP contribution is 2.43. The summed E-state index contributed by atoms with van der Waals surface area (Å²) in [6.07, 6.45) is 1.28. The van der Waals surface area contributed by atoms with Gasteiger partial charge in [-0.3, -0.25) is 4.79 Å². The molecule has 1 amide bonds. The summed E-state index contributed by atoms with van der Waals surface area (Å²) in [6, 6.07) is 0. The molecule has 0 aromatic heterocycles. The summed E-state index contributed by atoms with van der Waals surface area (Å²) >= 11 is 0. The average molecular weight is 172 g/mol. The van der Waals surface area contributed by atoms with E-state index in [0.29, 0.717) is 19.4 Å². The number of carbonyl (C=O) groups excluding carboxylic acids is 1. The number of nitrogens with two attached hydrogens (primary N) is 1. The minimum Gasteiger partial charge on any atom is -0.369 e. The standard InChI is InChI=1S/C8H13FN2O/c9-6-1-2-8(6)3-5(4-11-8)7(10)12/h5-6,11H,1-4H2,(H2,10,12). The molecule has 3 atom stereocenters. The number of alkyl halides is 1. The van der Waals surface area contributed by atoms with E-state index >= 15 is 0 Å². The van der Waals surface area contributed by atoms with Crippen LogP contribution < -0.4 is 11.1 Å². The van der Waals surface area contributed by atoms with E-state index in [0.717, 1.165) is 6.42 Å². The quantitative estimate of drug-likeness (QED) is 0.582. The molecular formula is C8H13FN2O. The maximum absolute atomic E-state index is 13.1. The highest BCUT2D eigenvalue weighted by molar-refractivity contribution is 5.77. The summed E-state index contributed by atoms with van der Waals surface area (Å²) in [4.78, 5) is 10.8. The van der Waals surface area contributed by atoms with E-state index in [1.54, 1.807) is 0 Å². The van der Waals surface area contributed by atoms with Crippen LogP contribution in [0.2, 0.25) is 0 Å². The summed E-state index contributed by atoms with van der Waals surface area (Å²) < 4.78 is 13.1. The van der Waals surface area contributed by atoms with Crippen LogP contribution >= 0.6 is 0 Å². The predicted molar refractivity (Wildman–Crippen MR) is 42.2 cm³/mol. The lowest BCUT2D eigenvalue weighted by Gasteiger charge is -2.42. The van der Waals surface area contributed by atoms with Gasteiger partial charge in [-0.2, -0.15) is 0 Å². The SMILES string of the molecule is NC(=O)C1CNC2(CCC2F)C1. The number of carbonyl (C=O) groups is 1. The van der Waals surface area contributed by atoms with Crippen molar-refractivity contribution >= 4 is 5.91 Å². The fraction of sp³-hybridized carbons (Fsp3) is 0.875. The first kappa shape index (κ1) is 7.98. The van der Waals surface area contributed by atoms with Crippen LogP contribution in [0.25, 0.3) is 0 Å². The van der Waals surface area contributed by atoms with E-state index in [9.17, 15) is 9.18 Å². The van der Waals surface area contributed by atoms with Crippen molar-refractivity contribution in [1.29, 1.82) is 0 Å². The second-order valence-corrected chi connectivity index (χ2v) is 3.85. The highest BCUT2D eigenvalue weighted by Gasteiger charge is 2.52. The van der Waals surface area contributed by atoms with Crippen molar-refractivity contribution in [2.45, 2.75) is 31.0 Å². The Balaban J connectivity index is 2.02. The van der Waals surface area contributed by atoms with Crippen molar-refractivity contribution in [2.75, 3.05) is 6.54 Å². The first-order chi connectivity index (χ1) is 5.64. The van der Waals surface area contributed by atoms with Crippen LogP contribution in [0, 0.1) is 5.92 Å². The summed E-state index contributed by atoms with van der Waals surface area (Å²) in [6.45, 7) is 0.551. The second-order valence-electron chi connectivity index (χ2n) is 3.85. The van der Waals surface area contributed by atoms with E-state index in [4.69, 9.17) is 5.73 Å². The maximum atomic E-state index is 13.1. The molecule has 1 spiro atoms. The van der Waals surface area contributed by atoms with Gasteiger partial charge in [0.1, 0.15) is 6.17 Å². The van der Waals surface area contributed by atoms with Crippen LogP contribution in [0.1, 0.15) is 19.3 Å². The van der Waals surface area contributed by atoms with Gasteiger partial charge in [0.25, 0.3) is 0 Å². The first-order valence-electron chi connectivity index (χ1n) is 4.32. The number of halogens is 1. The lowest BCUT2D eigenvalue weighted by Crippen LogP contribution is -2.56. The zero-order valence-corrected chi connectivity index (χ0v) is 6.85. The largest absolute Gasteiger partial charge is 0.369 e. The monoisotopic (exact) mass is 172 g/mol. The Kier molecular flexibility index (Phi) is 1.61. The molecular weight excluding hydrogens is 159 g/mol. The highest BCUT2D eigenvalue weighted by atomic mass is 19.1. The number of hydrogen-bond acceptors (Lipinski definition) is 2. The van der Waals surface area contributed by atoms with Gasteiger partial charge < -0.3 is 11.1 Å². The molecule has 2 aliphatic rings. The Morgan fingerprint density at radius 3 is 2.67 bits per heavy atom. The predicted octanol–water partition coefficient (Wildman–Crippen LogP) is -0.0481. The van der Waals surface area contributed by atoms with Gasteiger partial charge in [-0.05, 0) is 19.3 Å². The van der Waals surface area contributed by atoms with Crippen LogP contribution in [0.4, 0.5) is 4.39 Å². The number of nitrogens with one attached hydrogen (secondary N) is 1. The zero-order valence-electron chi connectivity index (χ0n) is 6.85. The van der Waals surface area contributed by atoms with Gasteiger partial charge in [0.05, 0.1) is 11.5 Å². The molecule has 1 aliphatic carbocycles. The Morgan fingerprint density at radius 1 is 1.67 bits per heavy atom. The average Bonchev–Trinajstić information content (AvgIpc) is 2.48. The van der Waals surface area contributed by atoms with Gasteiger partial charge >= 0.3 is 0 Å². The molecule has 12 heavy (non-hydrogen) atoms. The Bertz CT molecular complexity index is 221. The van der Waals surface area contributed by atoms with Crippen molar-refractivity contribution in [3.8, 4) is 0 Å². The van der Waals surface area contributed by atoms with E-state index in [-0.39, 0.29) is 17.4 Å². The molecule has 0 radical (unpaired) electrons. The molecule has 1 saturated carbocycles. The summed E-state index contributed by atoms with van der Waals surface area (Å²) in [7, 11) is 0. The summed E-state index contributed by atoms with van der Waals surface area (Å²) in [5.74, 6) is -0.470. The van der Waals surface area contributed by atoms with Crippen LogP contribution in [0.3, 0.4) is 0 Å². The molecule has 3 unspecified atom stereocenters. The fourth-order valence-corrected chi connectivity index (χ4v) is 2.14. The Hall–Kier alpha value is -0.640. The van der Waals surface area contributed by atoms with Crippen LogP contribution in [0.5, 0.6) is 0 Å². The fourth-order valence-electron chi connectivity index (χ4n) is 2.14. The Morgan fingerprint density at radius 2 is 2.42 bits per heavy atom. The first-order valence-corrected chi connectivity index (χ1v) is 4.32. The molecule has 68 valence electrons. The van der Waals surface area contributed by atoms with Crippen molar-refractivity contribution in [2.24, 2.45) is 11.7 Å². The van der Waals surface area contributed by atoms with Gasteiger partial charge in [0.15, 0.2) is 0 Å². The van der Waals surface area contributed by atoms with Crippen molar-refractivity contribution in [3.63, 3.8) is 0 Å². The van der Waals surface area contributed by atoms with E-state index < -0.39 is 6.17 Å². The van der Waals surface area contributed by atoms with Crippen LogP contribution in [0.15, 0.2) is 0 Å². The Labute approximate surface area is 70.5 Å². The van der Waals surface area contributed by atoms with E-state index in [1.165, 1.54) is 0 Å². The van der Waals surface area contributed by atoms with Crippen molar-refractivity contribution < 1.29 is 9.18 Å². The maximum Gasteiger partial charge on any atom is 0.221 e. The topological polar surface area (TPSA) is 55.1 Å². The number of primary amides is 1. The normalized spacial score (nSPS) is 46.1. The van der Waals surface area contributed by atoms with Gasteiger partial charge in [0.2, 0.25) is 5.91 Å². The summed E-state index contributed by atoms with van der Waals surface area (Å²) in [5, 5.41) is 3.07. The molecule has 0 aromatic rings. The molecule has 3 N–H and O–H groups in total.